The Morgan fingerprint density at radius 2 is 2.31 bits per heavy atom. The van der Waals surface area contributed by atoms with E-state index in [0.717, 1.165) is 5.57 Å². The summed E-state index contributed by atoms with van der Waals surface area (Å²) in [5.41, 5.74) is 0.764. The highest BCUT2D eigenvalue weighted by molar-refractivity contribution is 5.93. The fraction of sp³-hybridized carbons (Fsp3) is 0.300. The molecule has 1 heterocycles. The summed E-state index contributed by atoms with van der Waals surface area (Å²) in [7, 11) is 0. The minimum absolute atomic E-state index is 0.0145. The van der Waals surface area contributed by atoms with E-state index in [2.05, 4.69) is 6.58 Å². The van der Waals surface area contributed by atoms with Crippen LogP contribution >= 0.6 is 0 Å². The van der Waals surface area contributed by atoms with Crippen molar-refractivity contribution in [2.45, 2.75) is 13.8 Å². The third-order valence-electron chi connectivity index (χ3n) is 1.90. The Labute approximate surface area is 78.6 Å². The van der Waals surface area contributed by atoms with Crippen molar-refractivity contribution in [3.63, 3.8) is 0 Å². The van der Waals surface area contributed by atoms with Gasteiger partial charge in [-0.15, -0.1) is 0 Å². The van der Waals surface area contributed by atoms with E-state index in [1.807, 2.05) is 37.2 Å². The predicted molar refractivity (Wildman–Crippen MR) is 52.3 cm³/mol. The number of hydrogen-bond acceptors (Lipinski definition) is 2. The van der Waals surface area contributed by atoms with Crippen molar-refractivity contribution < 1.29 is 4.79 Å². The highest BCUT2D eigenvalue weighted by atomic mass is 16.2. The van der Waals surface area contributed by atoms with E-state index in [9.17, 15) is 4.79 Å². The van der Waals surface area contributed by atoms with Crippen LogP contribution in [0.15, 0.2) is 36.7 Å². The van der Waals surface area contributed by atoms with E-state index >= 15 is 0 Å². The summed E-state index contributed by atoms with van der Waals surface area (Å²) < 4.78 is 0. The molecule has 0 aromatic heterocycles. The Morgan fingerprint density at radius 3 is 2.85 bits per heavy atom. The molecule has 1 amide bonds. The van der Waals surface area contributed by atoms with Crippen LogP contribution in [-0.2, 0) is 4.79 Å². The Bertz CT molecular complexity index is 279. The fourth-order valence-electron chi connectivity index (χ4n) is 1.20. The summed E-state index contributed by atoms with van der Waals surface area (Å²) in [5.74, 6) is -0.0145. The van der Waals surface area contributed by atoms with Crippen molar-refractivity contribution in [2.24, 2.45) is 0 Å². The summed E-state index contributed by atoms with van der Waals surface area (Å²) in [4.78, 5) is 11.6. The van der Waals surface area contributed by atoms with Gasteiger partial charge in [0.2, 0.25) is 0 Å². The van der Waals surface area contributed by atoms with Gasteiger partial charge in [-0.05, 0) is 13.8 Å². The molecule has 0 fully saturated rings. The van der Waals surface area contributed by atoms with Crippen molar-refractivity contribution in [3.8, 4) is 0 Å². The molecule has 0 saturated heterocycles. The molecule has 0 aromatic carbocycles. The molecule has 0 radical (unpaired) electrons. The van der Waals surface area contributed by atoms with Crippen LogP contribution in [0.25, 0.3) is 0 Å². The second-order valence-electron chi connectivity index (χ2n) is 2.82. The van der Waals surface area contributed by atoms with Gasteiger partial charge in [0.15, 0.2) is 0 Å². The molecular formula is C10H14N2O. The first-order chi connectivity index (χ1) is 6.20. The van der Waals surface area contributed by atoms with E-state index in [1.165, 1.54) is 11.2 Å². The van der Waals surface area contributed by atoms with E-state index in [1.54, 1.807) is 0 Å². The van der Waals surface area contributed by atoms with Gasteiger partial charge in [0.25, 0.3) is 5.91 Å². The van der Waals surface area contributed by atoms with Crippen LogP contribution in [0.5, 0.6) is 0 Å². The maximum absolute atomic E-state index is 11.6. The summed E-state index contributed by atoms with van der Waals surface area (Å²) in [6, 6.07) is 0. The lowest BCUT2D eigenvalue weighted by Crippen LogP contribution is -2.43. The van der Waals surface area contributed by atoms with Crippen molar-refractivity contribution in [3.05, 3.63) is 36.7 Å². The molecule has 13 heavy (non-hydrogen) atoms. The van der Waals surface area contributed by atoms with E-state index in [-0.39, 0.29) is 5.91 Å². The molecule has 0 spiro atoms. The van der Waals surface area contributed by atoms with E-state index in [4.69, 9.17) is 0 Å². The fourth-order valence-corrected chi connectivity index (χ4v) is 1.20. The SMILES string of the molecule is C=CN1C(=O)C(C)=CCN1/C=C\C. The zero-order chi connectivity index (χ0) is 9.84. The summed E-state index contributed by atoms with van der Waals surface area (Å²) in [5, 5.41) is 3.32. The van der Waals surface area contributed by atoms with Crippen LogP contribution < -0.4 is 0 Å². The Balaban J connectivity index is 2.90. The van der Waals surface area contributed by atoms with Gasteiger partial charge < -0.3 is 0 Å². The maximum Gasteiger partial charge on any atom is 0.271 e. The number of amides is 1. The van der Waals surface area contributed by atoms with Crippen molar-refractivity contribution >= 4 is 5.91 Å². The van der Waals surface area contributed by atoms with Gasteiger partial charge in [0.1, 0.15) is 0 Å². The second-order valence-corrected chi connectivity index (χ2v) is 2.82. The quantitative estimate of drug-likeness (QED) is 0.642. The molecule has 3 heteroatoms. The monoisotopic (exact) mass is 178 g/mol. The third kappa shape index (κ3) is 1.80. The first kappa shape index (κ1) is 9.58. The topological polar surface area (TPSA) is 23.6 Å². The molecule has 1 aliphatic heterocycles. The first-order valence-corrected chi connectivity index (χ1v) is 4.23. The van der Waals surface area contributed by atoms with Crippen LogP contribution in [0, 0.1) is 0 Å². The number of hydrazine groups is 1. The Hall–Kier alpha value is -1.51. The second kappa shape index (κ2) is 3.94. The van der Waals surface area contributed by atoms with Gasteiger partial charge in [-0.25, -0.2) is 5.01 Å². The van der Waals surface area contributed by atoms with Crippen molar-refractivity contribution in [1.82, 2.24) is 10.0 Å². The van der Waals surface area contributed by atoms with Crippen LogP contribution in [-0.4, -0.2) is 22.5 Å². The summed E-state index contributed by atoms with van der Waals surface area (Å²) in [6.45, 7) is 8.05. The van der Waals surface area contributed by atoms with Crippen molar-refractivity contribution in [1.29, 1.82) is 0 Å². The maximum atomic E-state index is 11.6. The molecule has 1 aliphatic rings. The van der Waals surface area contributed by atoms with Gasteiger partial charge in [0, 0.05) is 18.0 Å². The zero-order valence-electron chi connectivity index (χ0n) is 8.03. The molecule has 0 saturated carbocycles. The molecule has 0 unspecified atom stereocenters. The lowest BCUT2D eigenvalue weighted by molar-refractivity contribution is -0.135. The average Bonchev–Trinajstić information content (AvgIpc) is 2.12. The predicted octanol–water partition coefficient (Wildman–Crippen LogP) is 1.67. The van der Waals surface area contributed by atoms with Crippen LogP contribution in [0.2, 0.25) is 0 Å². The molecule has 0 aliphatic carbocycles. The van der Waals surface area contributed by atoms with Gasteiger partial charge in [-0.1, -0.05) is 18.7 Å². The average molecular weight is 178 g/mol. The number of allylic oxidation sites excluding steroid dienone is 1. The highest BCUT2D eigenvalue weighted by Gasteiger charge is 2.20. The smallest absolute Gasteiger partial charge is 0.271 e. The number of rotatable bonds is 2. The van der Waals surface area contributed by atoms with Crippen LogP contribution in [0.1, 0.15) is 13.8 Å². The number of hydrogen-bond donors (Lipinski definition) is 0. The Kier molecular flexibility index (Phi) is 2.90. The highest BCUT2D eigenvalue weighted by Crippen LogP contribution is 2.12. The number of nitrogens with zero attached hydrogens (tertiary/aromatic N) is 2. The Morgan fingerprint density at radius 1 is 1.62 bits per heavy atom. The van der Waals surface area contributed by atoms with Crippen molar-refractivity contribution in [2.75, 3.05) is 6.54 Å². The standard InChI is InChI=1S/C10H14N2O/c1-4-7-11-8-6-9(3)10(13)12(11)5-2/h4-7H,2,8H2,1,3H3/b7-4-. The normalized spacial score (nSPS) is 18.0. The number of carbonyl (C=O) groups is 1. The molecule has 1 rings (SSSR count). The lowest BCUT2D eigenvalue weighted by atomic mass is 10.2. The van der Waals surface area contributed by atoms with E-state index < -0.39 is 0 Å². The minimum atomic E-state index is -0.0145. The van der Waals surface area contributed by atoms with Crippen LogP contribution in [0.3, 0.4) is 0 Å². The molecule has 0 aromatic rings. The zero-order valence-corrected chi connectivity index (χ0v) is 8.03. The van der Waals surface area contributed by atoms with E-state index in [0.29, 0.717) is 6.54 Å². The van der Waals surface area contributed by atoms with Gasteiger partial charge in [-0.3, -0.25) is 9.80 Å². The minimum Gasteiger partial charge on any atom is -0.282 e. The summed E-state index contributed by atoms with van der Waals surface area (Å²) >= 11 is 0. The first-order valence-electron chi connectivity index (χ1n) is 4.23. The van der Waals surface area contributed by atoms with Gasteiger partial charge in [0.05, 0.1) is 6.54 Å². The molecule has 70 valence electrons. The third-order valence-corrected chi connectivity index (χ3v) is 1.90. The van der Waals surface area contributed by atoms with Gasteiger partial charge in [-0.2, -0.15) is 0 Å². The number of carbonyl (C=O) groups excluding carboxylic acids is 1. The summed E-state index contributed by atoms with van der Waals surface area (Å²) in [6.07, 6.45) is 7.17. The largest absolute Gasteiger partial charge is 0.282 e. The molecule has 3 nitrogen and oxygen atoms in total. The molecule has 0 bridgehead atoms. The van der Waals surface area contributed by atoms with Crippen LogP contribution in [0.4, 0.5) is 0 Å². The molecule has 0 atom stereocenters. The molecular weight excluding hydrogens is 164 g/mol. The molecule has 0 N–H and O–H groups in total. The lowest BCUT2D eigenvalue weighted by Gasteiger charge is -2.33. The van der Waals surface area contributed by atoms with Gasteiger partial charge >= 0.3 is 0 Å².